The number of oxime groups is 1. The Morgan fingerprint density at radius 1 is 1.29 bits per heavy atom. The van der Waals surface area contributed by atoms with Crippen molar-refractivity contribution < 1.29 is 10.0 Å². The minimum absolute atomic E-state index is 0.0550. The van der Waals surface area contributed by atoms with Crippen LogP contribution in [0.15, 0.2) is 52.1 Å². The Morgan fingerprint density at radius 3 is 2.62 bits per heavy atom. The lowest BCUT2D eigenvalue weighted by Crippen LogP contribution is -2.15. The van der Waals surface area contributed by atoms with Gasteiger partial charge in [0.1, 0.15) is 0 Å². The molecule has 0 aromatic heterocycles. The van der Waals surface area contributed by atoms with Gasteiger partial charge in [0.05, 0.1) is 16.3 Å². The van der Waals surface area contributed by atoms with Gasteiger partial charge in [-0.15, -0.1) is 0 Å². The maximum Gasteiger partial charge on any atom is 0.256 e. The molecule has 7 heteroatoms. The summed E-state index contributed by atoms with van der Waals surface area (Å²) < 4.78 is 0.687. The fourth-order valence-electron chi connectivity index (χ4n) is 1.67. The molecule has 21 heavy (non-hydrogen) atoms. The van der Waals surface area contributed by atoms with Gasteiger partial charge in [0.25, 0.3) is 5.91 Å². The number of nitrogens with zero attached hydrogens (tertiary/aromatic N) is 1. The van der Waals surface area contributed by atoms with Crippen molar-refractivity contribution in [3.05, 3.63) is 63.1 Å². The second-order valence-corrected chi connectivity index (χ2v) is 5.38. The van der Waals surface area contributed by atoms with E-state index in [-0.39, 0.29) is 11.7 Å². The molecule has 5 nitrogen and oxygen atoms in total. The van der Waals surface area contributed by atoms with Crippen molar-refractivity contribution in [2.24, 2.45) is 10.9 Å². The van der Waals surface area contributed by atoms with Crippen LogP contribution in [0.25, 0.3) is 0 Å². The molecule has 0 aliphatic heterocycles. The lowest BCUT2D eigenvalue weighted by molar-refractivity contribution is 0.102. The highest BCUT2D eigenvalue weighted by Crippen LogP contribution is 2.25. The number of carbonyl (C=O) groups excluding carboxylic acids is 1. The summed E-state index contributed by atoms with van der Waals surface area (Å²) in [6, 6.07) is 11.7. The molecule has 0 aliphatic carbocycles. The van der Waals surface area contributed by atoms with Gasteiger partial charge in [0.15, 0.2) is 5.84 Å². The zero-order valence-corrected chi connectivity index (χ0v) is 13.0. The largest absolute Gasteiger partial charge is 0.409 e. The number of halogens is 2. The van der Waals surface area contributed by atoms with E-state index in [0.717, 1.165) is 0 Å². The molecule has 108 valence electrons. The third-order valence-corrected chi connectivity index (χ3v) is 3.74. The second-order valence-electron chi connectivity index (χ2n) is 4.11. The zero-order valence-electron chi connectivity index (χ0n) is 10.7. The van der Waals surface area contributed by atoms with Crippen molar-refractivity contribution in [1.29, 1.82) is 0 Å². The molecule has 0 fully saturated rings. The van der Waals surface area contributed by atoms with E-state index in [0.29, 0.717) is 26.3 Å². The standard InChI is InChI=1S/C14H11BrClN3O2/c15-10-4-2-1-3-9(10)14(20)18-12-6-5-8(7-11(12)16)13(17)19-21/h1-7,21H,(H2,17,19)(H,18,20). The Hall–Kier alpha value is -2.05. The molecule has 2 rings (SSSR count). The maximum atomic E-state index is 12.2. The number of nitrogens with one attached hydrogen (secondary N) is 1. The van der Waals surface area contributed by atoms with E-state index in [1.54, 1.807) is 30.3 Å². The highest BCUT2D eigenvalue weighted by molar-refractivity contribution is 9.10. The molecule has 0 bridgehead atoms. The molecule has 2 aromatic carbocycles. The molecule has 0 heterocycles. The number of hydrogen-bond donors (Lipinski definition) is 3. The number of amides is 1. The smallest absolute Gasteiger partial charge is 0.256 e. The van der Waals surface area contributed by atoms with Crippen LogP contribution >= 0.6 is 27.5 Å². The van der Waals surface area contributed by atoms with E-state index in [4.69, 9.17) is 22.5 Å². The Morgan fingerprint density at radius 2 is 2.00 bits per heavy atom. The molecular formula is C14H11BrClN3O2. The van der Waals surface area contributed by atoms with Crippen molar-refractivity contribution >= 4 is 45.0 Å². The quantitative estimate of drug-likeness (QED) is 0.335. The van der Waals surface area contributed by atoms with Gasteiger partial charge in [0.2, 0.25) is 0 Å². The summed E-state index contributed by atoms with van der Waals surface area (Å²) in [5, 5.41) is 14.5. The predicted molar refractivity (Wildman–Crippen MR) is 86.1 cm³/mol. The van der Waals surface area contributed by atoms with Crippen molar-refractivity contribution in [3.63, 3.8) is 0 Å². The third-order valence-electron chi connectivity index (χ3n) is 2.74. The molecule has 0 atom stereocenters. The number of carbonyl (C=O) groups is 1. The SMILES string of the molecule is N/C(=N/O)c1ccc(NC(=O)c2ccccc2Br)c(Cl)c1. The van der Waals surface area contributed by atoms with Gasteiger partial charge in [-0.1, -0.05) is 28.9 Å². The molecule has 0 spiro atoms. The topological polar surface area (TPSA) is 87.7 Å². The highest BCUT2D eigenvalue weighted by Gasteiger charge is 2.12. The van der Waals surface area contributed by atoms with Gasteiger partial charge in [-0.25, -0.2) is 0 Å². The van der Waals surface area contributed by atoms with Gasteiger partial charge in [-0.3, -0.25) is 4.79 Å². The summed E-state index contributed by atoms with van der Waals surface area (Å²) in [5.74, 6) is -0.346. The van der Waals surface area contributed by atoms with Crippen LogP contribution < -0.4 is 11.1 Å². The second kappa shape index (κ2) is 6.60. The van der Waals surface area contributed by atoms with E-state index < -0.39 is 0 Å². The normalized spacial score (nSPS) is 11.2. The highest BCUT2D eigenvalue weighted by atomic mass is 79.9. The number of amidine groups is 1. The average Bonchev–Trinajstić information content (AvgIpc) is 2.48. The molecule has 2 aromatic rings. The number of rotatable bonds is 3. The lowest BCUT2D eigenvalue weighted by Gasteiger charge is -2.09. The summed E-state index contributed by atoms with van der Waals surface area (Å²) in [6.45, 7) is 0. The average molecular weight is 369 g/mol. The van der Waals surface area contributed by atoms with Crippen LogP contribution in [-0.4, -0.2) is 17.0 Å². The van der Waals surface area contributed by atoms with Gasteiger partial charge in [-0.05, 0) is 46.3 Å². The van der Waals surface area contributed by atoms with Crippen LogP contribution in [0, 0.1) is 0 Å². The first kappa shape index (κ1) is 15.3. The number of nitrogens with two attached hydrogens (primary N) is 1. The van der Waals surface area contributed by atoms with Crippen molar-refractivity contribution in [3.8, 4) is 0 Å². The van der Waals surface area contributed by atoms with Crippen LogP contribution in [-0.2, 0) is 0 Å². The zero-order chi connectivity index (χ0) is 15.4. The van der Waals surface area contributed by atoms with Crippen molar-refractivity contribution in [2.75, 3.05) is 5.32 Å². The summed E-state index contributed by atoms with van der Waals surface area (Å²) >= 11 is 9.40. The summed E-state index contributed by atoms with van der Waals surface area (Å²) in [4.78, 5) is 12.2. The van der Waals surface area contributed by atoms with E-state index in [1.807, 2.05) is 6.07 Å². The monoisotopic (exact) mass is 367 g/mol. The molecular weight excluding hydrogens is 358 g/mol. The first-order valence-electron chi connectivity index (χ1n) is 5.86. The maximum absolute atomic E-state index is 12.2. The lowest BCUT2D eigenvalue weighted by atomic mass is 10.1. The summed E-state index contributed by atoms with van der Waals surface area (Å²) in [6.07, 6.45) is 0. The number of anilines is 1. The Kier molecular flexibility index (Phi) is 4.82. The molecule has 1 amide bonds. The van der Waals surface area contributed by atoms with Crippen LogP contribution in [0.2, 0.25) is 5.02 Å². The van der Waals surface area contributed by atoms with Gasteiger partial charge < -0.3 is 16.3 Å². The van der Waals surface area contributed by atoms with Crippen molar-refractivity contribution in [1.82, 2.24) is 0 Å². The minimum atomic E-state index is -0.291. The van der Waals surface area contributed by atoms with Gasteiger partial charge in [-0.2, -0.15) is 0 Å². The van der Waals surface area contributed by atoms with Gasteiger partial charge >= 0.3 is 0 Å². The number of benzene rings is 2. The number of hydrogen-bond acceptors (Lipinski definition) is 3. The Labute approximate surface area is 134 Å². The van der Waals surface area contributed by atoms with E-state index in [1.165, 1.54) is 6.07 Å². The minimum Gasteiger partial charge on any atom is -0.409 e. The molecule has 0 saturated heterocycles. The van der Waals surface area contributed by atoms with E-state index >= 15 is 0 Å². The first-order valence-corrected chi connectivity index (χ1v) is 7.03. The van der Waals surface area contributed by atoms with Gasteiger partial charge in [0, 0.05) is 10.0 Å². The molecule has 0 radical (unpaired) electrons. The fourth-order valence-corrected chi connectivity index (χ4v) is 2.36. The van der Waals surface area contributed by atoms with E-state index in [2.05, 4.69) is 26.4 Å². The molecule has 4 N–H and O–H groups in total. The molecule has 0 unspecified atom stereocenters. The van der Waals surface area contributed by atoms with Crippen LogP contribution in [0.3, 0.4) is 0 Å². The predicted octanol–water partition coefficient (Wildman–Crippen LogP) is 3.45. The fraction of sp³-hybridized carbons (Fsp3) is 0. The molecule has 0 aliphatic rings. The first-order chi connectivity index (χ1) is 10.0. The van der Waals surface area contributed by atoms with Crippen LogP contribution in [0.1, 0.15) is 15.9 Å². The summed E-state index contributed by atoms with van der Waals surface area (Å²) in [5.41, 5.74) is 6.86. The Balaban J connectivity index is 2.25. The molecule has 0 saturated carbocycles. The van der Waals surface area contributed by atoms with Crippen molar-refractivity contribution in [2.45, 2.75) is 0 Å². The van der Waals surface area contributed by atoms with Crippen LogP contribution in [0.5, 0.6) is 0 Å². The summed E-state index contributed by atoms with van der Waals surface area (Å²) in [7, 11) is 0. The van der Waals surface area contributed by atoms with Crippen LogP contribution in [0.4, 0.5) is 5.69 Å². The Bertz CT molecular complexity index is 719. The van der Waals surface area contributed by atoms with E-state index in [9.17, 15) is 4.79 Å². The third kappa shape index (κ3) is 3.53.